The van der Waals surface area contributed by atoms with Crippen LogP contribution in [0.4, 0.5) is 0 Å². The highest BCUT2D eigenvalue weighted by Gasteiger charge is 2.34. The molecule has 2 aliphatic carbocycles. The van der Waals surface area contributed by atoms with Crippen molar-refractivity contribution in [2.45, 2.75) is 45.1 Å². The fourth-order valence-corrected chi connectivity index (χ4v) is 4.32. The van der Waals surface area contributed by atoms with E-state index in [9.17, 15) is 4.79 Å². The molecule has 2 heterocycles. The zero-order valence-corrected chi connectivity index (χ0v) is 15.8. The van der Waals surface area contributed by atoms with Gasteiger partial charge in [-0.1, -0.05) is 5.21 Å². The third-order valence-corrected chi connectivity index (χ3v) is 5.60. The molecule has 0 aliphatic heterocycles. The first kappa shape index (κ1) is 16.6. The normalized spacial score (nSPS) is 16.4. The van der Waals surface area contributed by atoms with Gasteiger partial charge in [-0.15, -0.1) is 5.10 Å². The lowest BCUT2D eigenvalue weighted by Crippen LogP contribution is -2.02. The maximum atomic E-state index is 10.8. The largest absolute Gasteiger partial charge is 0.476 e. The van der Waals surface area contributed by atoms with Crippen LogP contribution >= 0.6 is 22.6 Å². The van der Waals surface area contributed by atoms with Crippen LogP contribution in [0, 0.1) is 5.92 Å². The minimum Gasteiger partial charge on any atom is -0.476 e. The lowest BCUT2D eigenvalue weighted by molar-refractivity contribution is 0.0690. The second-order valence-electron chi connectivity index (χ2n) is 6.59. The van der Waals surface area contributed by atoms with Gasteiger partial charge in [0.2, 0.25) is 0 Å². The Morgan fingerprint density at radius 3 is 2.84 bits per heavy atom. The number of aromatic nitrogens is 5. The highest BCUT2D eigenvalue weighted by atomic mass is 127. The number of carbonyl (C=O) groups is 1. The Bertz CT molecular complexity index is 856. The summed E-state index contributed by atoms with van der Waals surface area (Å²) in [6, 6.07) is 2.22. The third kappa shape index (κ3) is 3.58. The van der Waals surface area contributed by atoms with Crippen LogP contribution in [0.3, 0.4) is 0 Å². The molecule has 0 atom stereocenters. The van der Waals surface area contributed by atoms with Gasteiger partial charge in [-0.05, 0) is 72.3 Å². The van der Waals surface area contributed by atoms with Crippen molar-refractivity contribution in [1.29, 1.82) is 0 Å². The Balaban J connectivity index is 1.34. The van der Waals surface area contributed by atoms with E-state index in [0.29, 0.717) is 6.54 Å². The Morgan fingerprint density at radius 1 is 1.28 bits per heavy atom. The van der Waals surface area contributed by atoms with Gasteiger partial charge in [0.1, 0.15) is 0 Å². The van der Waals surface area contributed by atoms with Gasteiger partial charge in [-0.25, -0.2) is 4.79 Å². The summed E-state index contributed by atoms with van der Waals surface area (Å²) in [5.74, 6) is -0.310. The SMILES string of the molecule is O=C(O)c1cn(CCCCc2cc3c(nn2)CC(I)=C3C2CC2)nn1. The van der Waals surface area contributed by atoms with Crippen LogP contribution in [0.2, 0.25) is 0 Å². The van der Waals surface area contributed by atoms with Gasteiger partial charge in [0.05, 0.1) is 17.6 Å². The first-order chi connectivity index (χ1) is 12.1. The van der Waals surface area contributed by atoms with Gasteiger partial charge in [0, 0.05) is 22.1 Å². The zero-order chi connectivity index (χ0) is 17.4. The van der Waals surface area contributed by atoms with Gasteiger partial charge in [0.15, 0.2) is 5.69 Å². The molecule has 130 valence electrons. The molecule has 1 saturated carbocycles. The Labute approximate surface area is 158 Å². The minimum atomic E-state index is -1.05. The van der Waals surface area contributed by atoms with Crippen LogP contribution in [0.15, 0.2) is 15.8 Å². The van der Waals surface area contributed by atoms with E-state index in [-0.39, 0.29) is 5.69 Å². The Morgan fingerprint density at radius 2 is 2.12 bits per heavy atom. The third-order valence-electron chi connectivity index (χ3n) is 4.64. The second kappa shape index (κ2) is 6.81. The summed E-state index contributed by atoms with van der Waals surface area (Å²) in [5.41, 5.74) is 4.97. The summed E-state index contributed by atoms with van der Waals surface area (Å²) in [6.07, 6.45) is 7.72. The molecule has 25 heavy (non-hydrogen) atoms. The maximum Gasteiger partial charge on any atom is 0.358 e. The number of nitrogens with zero attached hydrogens (tertiary/aromatic N) is 5. The number of unbranched alkanes of at least 4 members (excludes halogenated alkanes) is 1. The van der Waals surface area contributed by atoms with Gasteiger partial charge in [-0.2, -0.15) is 10.2 Å². The smallest absolute Gasteiger partial charge is 0.358 e. The van der Waals surface area contributed by atoms with Crippen LogP contribution < -0.4 is 0 Å². The Kier molecular flexibility index (Phi) is 4.53. The zero-order valence-electron chi connectivity index (χ0n) is 13.7. The molecule has 0 amide bonds. The van der Waals surface area contributed by atoms with Crippen molar-refractivity contribution in [3.8, 4) is 0 Å². The van der Waals surface area contributed by atoms with Crippen molar-refractivity contribution in [1.82, 2.24) is 25.2 Å². The molecule has 0 saturated heterocycles. The molecule has 0 spiro atoms. The van der Waals surface area contributed by atoms with Crippen LogP contribution in [-0.4, -0.2) is 36.3 Å². The van der Waals surface area contributed by atoms with Gasteiger partial charge >= 0.3 is 5.97 Å². The number of halogens is 1. The molecule has 1 N–H and O–H groups in total. The van der Waals surface area contributed by atoms with Crippen LogP contribution in [0.1, 0.15) is 53.1 Å². The van der Waals surface area contributed by atoms with E-state index in [1.165, 1.54) is 33.8 Å². The number of aromatic carboxylic acids is 1. The molecule has 8 heteroatoms. The monoisotopic (exact) mass is 451 g/mol. The van der Waals surface area contributed by atoms with Crippen molar-refractivity contribution in [3.05, 3.63) is 38.5 Å². The molecule has 0 radical (unpaired) electrons. The predicted octanol–water partition coefficient (Wildman–Crippen LogP) is 2.90. The minimum absolute atomic E-state index is 0.0153. The number of aryl methyl sites for hydroxylation is 2. The molecule has 1 fully saturated rings. The average molecular weight is 451 g/mol. The van der Waals surface area contributed by atoms with Crippen molar-refractivity contribution in [2.75, 3.05) is 0 Å². The summed E-state index contributed by atoms with van der Waals surface area (Å²) in [6.45, 7) is 0.657. The molecule has 2 aliphatic rings. The fraction of sp³-hybridized carbons (Fsp3) is 0.471. The number of hydrogen-bond acceptors (Lipinski definition) is 5. The summed E-state index contributed by atoms with van der Waals surface area (Å²) in [7, 11) is 0. The molecule has 7 nitrogen and oxygen atoms in total. The molecule has 2 aromatic heterocycles. The van der Waals surface area contributed by atoms with Crippen LogP contribution in [-0.2, 0) is 19.4 Å². The van der Waals surface area contributed by atoms with Crippen molar-refractivity contribution < 1.29 is 9.90 Å². The van der Waals surface area contributed by atoms with Gasteiger partial charge < -0.3 is 5.11 Å². The highest BCUT2D eigenvalue weighted by Crippen LogP contribution is 2.49. The number of carboxylic acid groups (broad SMARTS) is 1. The molecule has 0 unspecified atom stereocenters. The topological polar surface area (TPSA) is 93.8 Å². The lowest BCUT2D eigenvalue weighted by atomic mass is 10.0. The maximum absolute atomic E-state index is 10.8. The van der Waals surface area contributed by atoms with E-state index in [1.54, 1.807) is 4.68 Å². The summed E-state index contributed by atoms with van der Waals surface area (Å²) in [4.78, 5) is 10.8. The van der Waals surface area contributed by atoms with Crippen LogP contribution in [0.5, 0.6) is 0 Å². The van der Waals surface area contributed by atoms with E-state index in [1.807, 2.05) is 0 Å². The van der Waals surface area contributed by atoms with Gasteiger partial charge in [0.25, 0.3) is 0 Å². The van der Waals surface area contributed by atoms with E-state index < -0.39 is 5.97 Å². The molecule has 0 aromatic carbocycles. The fourth-order valence-electron chi connectivity index (χ4n) is 3.23. The number of hydrogen-bond donors (Lipinski definition) is 1. The first-order valence-corrected chi connectivity index (χ1v) is 9.57. The summed E-state index contributed by atoms with van der Waals surface area (Å²) < 4.78 is 3.01. The molecular weight excluding hydrogens is 433 g/mol. The van der Waals surface area contributed by atoms with Crippen molar-refractivity contribution >= 4 is 34.1 Å². The lowest BCUT2D eigenvalue weighted by Gasteiger charge is -2.06. The predicted molar refractivity (Wildman–Crippen MR) is 99.3 cm³/mol. The summed E-state index contributed by atoms with van der Waals surface area (Å²) >= 11 is 2.46. The molecule has 2 aromatic rings. The van der Waals surface area contributed by atoms with E-state index in [2.05, 4.69) is 49.2 Å². The number of rotatable bonds is 7. The van der Waals surface area contributed by atoms with Crippen molar-refractivity contribution in [3.63, 3.8) is 0 Å². The number of allylic oxidation sites excluding steroid dienone is 2. The van der Waals surface area contributed by atoms with Gasteiger partial charge in [-0.3, -0.25) is 4.68 Å². The van der Waals surface area contributed by atoms with E-state index in [4.69, 9.17) is 5.11 Å². The quantitative estimate of drug-likeness (QED) is 0.514. The average Bonchev–Trinajstić information content (AvgIpc) is 3.19. The first-order valence-electron chi connectivity index (χ1n) is 8.49. The molecule has 0 bridgehead atoms. The second-order valence-corrected chi connectivity index (χ2v) is 7.90. The Hall–Kier alpha value is -1.84. The number of fused-ring (bicyclic) bond motifs is 1. The van der Waals surface area contributed by atoms with Crippen molar-refractivity contribution in [2.24, 2.45) is 5.92 Å². The highest BCUT2D eigenvalue weighted by molar-refractivity contribution is 14.1. The van der Waals surface area contributed by atoms with E-state index >= 15 is 0 Å². The summed E-state index contributed by atoms with van der Waals surface area (Å²) in [5, 5.41) is 25.1. The molecule has 4 rings (SSSR count). The van der Waals surface area contributed by atoms with E-state index in [0.717, 1.165) is 43.0 Å². The molecular formula is C17H18IN5O2. The standard InChI is InChI=1S/C17H18IN5O2/c18-13-8-14-12(16(13)10-4-5-10)7-11(19-20-14)3-1-2-6-23-9-15(17(24)25)21-22-23/h7,9-10H,1-6,8H2,(H,24,25). The van der Waals surface area contributed by atoms with Crippen LogP contribution in [0.25, 0.3) is 5.57 Å². The number of carboxylic acids is 1.